The SMILES string of the molecule is C[C@H]1CSC(c2ccc3cc(Oc4ccc(C(F)(F)F)cc4[N+](=O)[O-])ccc3n2)N1. The van der Waals surface area contributed by atoms with Crippen molar-refractivity contribution in [2.75, 3.05) is 5.75 Å². The highest BCUT2D eigenvalue weighted by Gasteiger charge is 2.33. The predicted molar refractivity (Wildman–Crippen MR) is 108 cm³/mol. The van der Waals surface area contributed by atoms with Crippen LogP contribution in [0, 0.1) is 10.1 Å². The number of fused-ring (bicyclic) bond motifs is 1. The summed E-state index contributed by atoms with van der Waals surface area (Å²) in [6.45, 7) is 2.11. The van der Waals surface area contributed by atoms with Crippen molar-refractivity contribution >= 4 is 28.4 Å². The minimum absolute atomic E-state index is 0.120. The van der Waals surface area contributed by atoms with Gasteiger partial charge in [0.2, 0.25) is 5.75 Å². The summed E-state index contributed by atoms with van der Waals surface area (Å²) >= 11 is 1.78. The maximum atomic E-state index is 12.9. The average molecular weight is 435 g/mol. The standard InChI is InChI=1S/C20H16F3N3O3S/c1-11-10-30-19(24-11)16-5-2-12-8-14(4-6-15(12)25-16)29-18-7-3-13(20(21,22)23)9-17(18)26(27)28/h2-9,11,19,24H,10H2,1H3/t11-,19?/m0/s1. The van der Waals surface area contributed by atoms with Gasteiger partial charge in [0, 0.05) is 23.2 Å². The number of hydrogen-bond donors (Lipinski definition) is 1. The van der Waals surface area contributed by atoms with Crippen LogP contribution < -0.4 is 10.1 Å². The third-order valence-electron chi connectivity index (χ3n) is 4.61. The largest absolute Gasteiger partial charge is 0.450 e. The lowest BCUT2D eigenvalue weighted by atomic mass is 10.1. The smallest absolute Gasteiger partial charge is 0.416 e. The molecule has 0 spiro atoms. The molecule has 1 aliphatic rings. The number of rotatable bonds is 4. The maximum absolute atomic E-state index is 12.9. The molecule has 3 aromatic rings. The second-order valence-electron chi connectivity index (χ2n) is 6.91. The Hall–Kier alpha value is -2.85. The van der Waals surface area contributed by atoms with Crippen LogP contribution >= 0.6 is 11.8 Å². The van der Waals surface area contributed by atoms with Crippen LogP contribution in [0.5, 0.6) is 11.5 Å². The Morgan fingerprint density at radius 3 is 2.67 bits per heavy atom. The molecular formula is C20H16F3N3O3S. The van der Waals surface area contributed by atoms with Crippen molar-refractivity contribution in [1.29, 1.82) is 0 Å². The minimum atomic E-state index is -4.68. The third kappa shape index (κ3) is 4.19. The first-order valence-corrected chi connectivity index (χ1v) is 10.1. The van der Waals surface area contributed by atoms with Crippen molar-refractivity contribution in [1.82, 2.24) is 10.3 Å². The van der Waals surface area contributed by atoms with E-state index in [0.29, 0.717) is 12.1 Å². The summed E-state index contributed by atoms with van der Waals surface area (Å²) in [6.07, 6.45) is -4.68. The second-order valence-corrected chi connectivity index (χ2v) is 8.05. The zero-order chi connectivity index (χ0) is 21.5. The first-order chi connectivity index (χ1) is 14.2. The van der Waals surface area contributed by atoms with E-state index in [1.807, 2.05) is 12.1 Å². The van der Waals surface area contributed by atoms with Crippen LogP contribution in [0.1, 0.15) is 23.6 Å². The number of nitro groups is 1. The Bertz CT molecular complexity index is 1120. The summed E-state index contributed by atoms with van der Waals surface area (Å²) in [5.41, 5.74) is -0.228. The van der Waals surface area contributed by atoms with Gasteiger partial charge in [-0.25, -0.2) is 0 Å². The zero-order valence-electron chi connectivity index (χ0n) is 15.6. The van der Waals surface area contributed by atoms with Crippen molar-refractivity contribution in [3.05, 3.63) is 69.9 Å². The van der Waals surface area contributed by atoms with Gasteiger partial charge in [-0.2, -0.15) is 13.2 Å². The van der Waals surface area contributed by atoms with Gasteiger partial charge in [0.05, 0.1) is 27.1 Å². The van der Waals surface area contributed by atoms with E-state index in [0.717, 1.165) is 34.5 Å². The maximum Gasteiger partial charge on any atom is 0.416 e. The molecule has 0 amide bonds. The first kappa shape index (κ1) is 20.4. The molecular weight excluding hydrogens is 419 g/mol. The molecule has 1 aliphatic heterocycles. The molecule has 0 radical (unpaired) electrons. The van der Waals surface area contributed by atoms with Crippen LogP contribution in [0.25, 0.3) is 10.9 Å². The van der Waals surface area contributed by atoms with E-state index >= 15 is 0 Å². The number of thioether (sulfide) groups is 1. The van der Waals surface area contributed by atoms with E-state index in [2.05, 4.69) is 17.2 Å². The quantitative estimate of drug-likeness (QED) is 0.420. The fourth-order valence-electron chi connectivity index (χ4n) is 3.14. The first-order valence-electron chi connectivity index (χ1n) is 9.02. The molecule has 0 aliphatic carbocycles. The van der Waals surface area contributed by atoms with Crippen molar-refractivity contribution in [3.63, 3.8) is 0 Å². The Kier molecular flexibility index (Phi) is 5.29. The highest BCUT2D eigenvalue weighted by atomic mass is 32.2. The molecule has 2 aromatic carbocycles. The van der Waals surface area contributed by atoms with Crippen molar-refractivity contribution in [2.45, 2.75) is 24.5 Å². The molecule has 1 saturated heterocycles. The molecule has 4 rings (SSSR count). The van der Waals surface area contributed by atoms with Gasteiger partial charge in [-0.3, -0.25) is 20.4 Å². The van der Waals surface area contributed by atoms with Gasteiger partial charge < -0.3 is 4.74 Å². The van der Waals surface area contributed by atoms with E-state index in [1.54, 1.807) is 30.0 Å². The van der Waals surface area contributed by atoms with Crippen LogP contribution in [-0.4, -0.2) is 21.7 Å². The summed E-state index contributed by atoms with van der Waals surface area (Å²) in [5, 5.41) is 15.5. The van der Waals surface area contributed by atoms with Gasteiger partial charge in [-0.05, 0) is 43.3 Å². The fourth-order valence-corrected chi connectivity index (χ4v) is 4.35. The Morgan fingerprint density at radius 1 is 1.20 bits per heavy atom. The molecule has 30 heavy (non-hydrogen) atoms. The molecule has 1 unspecified atom stereocenters. The van der Waals surface area contributed by atoms with Gasteiger partial charge >= 0.3 is 11.9 Å². The molecule has 2 atom stereocenters. The Labute approximate surface area is 173 Å². The van der Waals surface area contributed by atoms with Gasteiger partial charge in [0.1, 0.15) is 5.75 Å². The summed E-state index contributed by atoms with van der Waals surface area (Å²) in [4.78, 5) is 15.0. The van der Waals surface area contributed by atoms with Crippen molar-refractivity contribution in [2.24, 2.45) is 0 Å². The van der Waals surface area contributed by atoms with Gasteiger partial charge in [-0.15, -0.1) is 11.8 Å². The monoisotopic (exact) mass is 435 g/mol. The number of hydrogen-bond acceptors (Lipinski definition) is 6. The predicted octanol–water partition coefficient (Wildman–Crippen LogP) is 5.68. The summed E-state index contributed by atoms with van der Waals surface area (Å²) < 4.78 is 44.1. The number of pyridine rings is 1. The number of nitrogens with one attached hydrogen (secondary N) is 1. The number of halogens is 3. The number of aromatic nitrogens is 1. The number of alkyl halides is 3. The average Bonchev–Trinajstić information content (AvgIpc) is 3.13. The molecule has 0 saturated carbocycles. The highest BCUT2D eigenvalue weighted by molar-refractivity contribution is 7.99. The van der Waals surface area contributed by atoms with E-state index in [4.69, 9.17) is 4.74 Å². The number of nitro benzene ring substituents is 1. The van der Waals surface area contributed by atoms with Gasteiger partial charge in [0.15, 0.2) is 0 Å². The molecule has 1 aromatic heterocycles. The molecule has 6 nitrogen and oxygen atoms in total. The topological polar surface area (TPSA) is 77.3 Å². The van der Waals surface area contributed by atoms with E-state index in [1.165, 1.54) is 0 Å². The van der Waals surface area contributed by atoms with Gasteiger partial charge in [-0.1, -0.05) is 6.07 Å². The lowest BCUT2D eigenvalue weighted by Gasteiger charge is -2.12. The van der Waals surface area contributed by atoms with Crippen LogP contribution in [0.4, 0.5) is 18.9 Å². The van der Waals surface area contributed by atoms with E-state index < -0.39 is 22.4 Å². The molecule has 1 fully saturated rings. The van der Waals surface area contributed by atoms with E-state index in [9.17, 15) is 23.3 Å². The van der Waals surface area contributed by atoms with Crippen LogP contribution in [0.2, 0.25) is 0 Å². The van der Waals surface area contributed by atoms with Crippen LogP contribution in [-0.2, 0) is 6.18 Å². The zero-order valence-corrected chi connectivity index (χ0v) is 16.5. The summed E-state index contributed by atoms with van der Waals surface area (Å²) in [6, 6.07) is 11.3. The van der Waals surface area contributed by atoms with E-state index in [-0.39, 0.29) is 16.9 Å². The van der Waals surface area contributed by atoms with Gasteiger partial charge in [0.25, 0.3) is 0 Å². The third-order valence-corrected chi connectivity index (χ3v) is 6.01. The lowest BCUT2D eigenvalue weighted by Crippen LogP contribution is -2.22. The van der Waals surface area contributed by atoms with Crippen LogP contribution in [0.15, 0.2) is 48.5 Å². The van der Waals surface area contributed by atoms with Crippen molar-refractivity contribution < 1.29 is 22.8 Å². The van der Waals surface area contributed by atoms with Crippen LogP contribution in [0.3, 0.4) is 0 Å². The molecule has 2 heterocycles. The second kappa shape index (κ2) is 7.77. The number of ether oxygens (including phenoxy) is 1. The van der Waals surface area contributed by atoms with Crippen molar-refractivity contribution in [3.8, 4) is 11.5 Å². The summed E-state index contributed by atoms with van der Waals surface area (Å²) in [5.74, 6) is 1.00. The molecule has 156 valence electrons. The normalized spacial score (nSPS) is 19.2. The fraction of sp³-hybridized carbons (Fsp3) is 0.250. The molecule has 0 bridgehead atoms. The Balaban J connectivity index is 1.62. The minimum Gasteiger partial charge on any atom is -0.450 e. The molecule has 1 N–H and O–H groups in total. The lowest BCUT2D eigenvalue weighted by molar-refractivity contribution is -0.385. The molecule has 10 heteroatoms. The Morgan fingerprint density at radius 2 is 2.00 bits per heavy atom. The highest BCUT2D eigenvalue weighted by Crippen LogP contribution is 2.38. The number of benzene rings is 2. The summed E-state index contributed by atoms with van der Waals surface area (Å²) in [7, 11) is 0. The number of nitrogens with zero attached hydrogens (tertiary/aromatic N) is 2.